The van der Waals surface area contributed by atoms with Crippen molar-refractivity contribution < 1.29 is 4.74 Å². The highest BCUT2D eigenvalue weighted by molar-refractivity contribution is 5.79. The molecule has 0 aliphatic rings. The molecule has 0 radical (unpaired) electrons. The van der Waals surface area contributed by atoms with Crippen molar-refractivity contribution in [3.63, 3.8) is 0 Å². The Bertz CT molecular complexity index is 653. The van der Waals surface area contributed by atoms with Gasteiger partial charge in [-0.05, 0) is 40.5 Å². The van der Waals surface area contributed by atoms with Crippen molar-refractivity contribution in [2.24, 2.45) is 10.2 Å². The second-order valence-corrected chi connectivity index (χ2v) is 3.79. The van der Waals surface area contributed by atoms with Gasteiger partial charge in [-0.2, -0.15) is 9.78 Å². The number of benzene rings is 1. The van der Waals surface area contributed by atoms with Crippen LogP contribution in [0, 0.1) is 0 Å². The number of aromatic nitrogens is 3. The van der Waals surface area contributed by atoms with E-state index in [1.807, 2.05) is 31.2 Å². The molecular formula is C12H13N7O. The zero-order chi connectivity index (χ0) is 14.4. The molecule has 0 aliphatic carbocycles. The third kappa shape index (κ3) is 2.93. The van der Waals surface area contributed by atoms with E-state index in [0.717, 1.165) is 11.3 Å². The summed E-state index contributed by atoms with van der Waals surface area (Å²) in [7, 11) is 1.61. The summed E-state index contributed by atoms with van der Waals surface area (Å²) in [4.78, 5) is 2.70. The first-order valence-corrected chi connectivity index (χ1v) is 5.96. The molecule has 0 amide bonds. The molecule has 1 aromatic carbocycles. The standard InChI is InChI=1S/C12H13N7O/c1-3-11-15-16-12(17-18-13)19(11)14-8-9-4-6-10(20-2)7-5-9/h4-8H,3H2,1-2H3/b14-8+. The van der Waals surface area contributed by atoms with Gasteiger partial charge in [-0.3, -0.25) is 0 Å². The third-order valence-electron chi connectivity index (χ3n) is 2.58. The van der Waals surface area contributed by atoms with Crippen molar-refractivity contribution in [1.29, 1.82) is 0 Å². The summed E-state index contributed by atoms with van der Waals surface area (Å²) in [6.45, 7) is 1.92. The van der Waals surface area contributed by atoms with Crippen LogP contribution in [0.4, 0.5) is 5.95 Å². The van der Waals surface area contributed by atoms with Gasteiger partial charge in [-0.15, -0.1) is 10.2 Å². The van der Waals surface area contributed by atoms with Crippen LogP contribution in [-0.4, -0.2) is 28.2 Å². The van der Waals surface area contributed by atoms with Gasteiger partial charge in [0.15, 0.2) is 5.82 Å². The van der Waals surface area contributed by atoms with Crippen LogP contribution in [0.2, 0.25) is 0 Å². The van der Waals surface area contributed by atoms with Crippen LogP contribution in [0.15, 0.2) is 34.5 Å². The number of methoxy groups -OCH3 is 1. The van der Waals surface area contributed by atoms with E-state index in [2.05, 4.69) is 25.3 Å². The summed E-state index contributed by atoms with van der Waals surface area (Å²) in [5.41, 5.74) is 9.36. The van der Waals surface area contributed by atoms with Gasteiger partial charge in [0.05, 0.1) is 13.3 Å². The zero-order valence-electron chi connectivity index (χ0n) is 11.1. The number of azide groups is 1. The van der Waals surface area contributed by atoms with E-state index < -0.39 is 0 Å². The molecule has 8 nitrogen and oxygen atoms in total. The van der Waals surface area contributed by atoms with E-state index in [9.17, 15) is 0 Å². The molecule has 0 bridgehead atoms. The molecule has 2 rings (SSSR count). The van der Waals surface area contributed by atoms with Crippen molar-refractivity contribution >= 4 is 12.2 Å². The SMILES string of the molecule is CCc1nnc(N=[N+]=[N-])n1/N=C/c1ccc(OC)cc1. The maximum absolute atomic E-state index is 8.48. The van der Waals surface area contributed by atoms with Gasteiger partial charge in [0.25, 0.3) is 0 Å². The minimum absolute atomic E-state index is 0.120. The van der Waals surface area contributed by atoms with Crippen molar-refractivity contribution in [3.05, 3.63) is 46.1 Å². The smallest absolute Gasteiger partial charge is 0.241 e. The number of nitrogens with zero attached hydrogens (tertiary/aromatic N) is 7. The molecule has 0 saturated carbocycles. The number of hydrogen-bond donors (Lipinski definition) is 0. The van der Waals surface area contributed by atoms with E-state index in [-0.39, 0.29) is 5.95 Å². The number of hydrogen-bond acceptors (Lipinski definition) is 5. The van der Waals surface area contributed by atoms with Crippen LogP contribution in [0.5, 0.6) is 5.75 Å². The van der Waals surface area contributed by atoms with Gasteiger partial charge in [-0.1, -0.05) is 6.92 Å². The number of ether oxygens (including phenoxy) is 1. The van der Waals surface area contributed by atoms with Gasteiger partial charge in [0.1, 0.15) is 5.75 Å². The van der Waals surface area contributed by atoms with E-state index >= 15 is 0 Å². The molecular weight excluding hydrogens is 258 g/mol. The molecule has 102 valence electrons. The van der Waals surface area contributed by atoms with Crippen LogP contribution < -0.4 is 4.74 Å². The predicted molar refractivity (Wildman–Crippen MR) is 74.2 cm³/mol. The van der Waals surface area contributed by atoms with E-state index in [4.69, 9.17) is 10.3 Å². The molecule has 2 aromatic rings. The summed E-state index contributed by atoms with van der Waals surface area (Å²) < 4.78 is 6.50. The van der Waals surface area contributed by atoms with Gasteiger partial charge >= 0.3 is 0 Å². The average molecular weight is 271 g/mol. The van der Waals surface area contributed by atoms with Gasteiger partial charge in [0.2, 0.25) is 5.95 Å². The molecule has 20 heavy (non-hydrogen) atoms. The van der Waals surface area contributed by atoms with Crippen LogP contribution in [0.3, 0.4) is 0 Å². The van der Waals surface area contributed by atoms with Crippen LogP contribution in [0.1, 0.15) is 18.3 Å². The van der Waals surface area contributed by atoms with Crippen molar-refractivity contribution in [2.45, 2.75) is 13.3 Å². The lowest BCUT2D eigenvalue weighted by Crippen LogP contribution is -1.97. The fraction of sp³-hybridized carbons (Fsp3) is 0.250. The van der Waals surface area contributed by atoms with Crippen molar-refractivity contribution in [3.8, 4) is 5.75 Å². The van der Waals surface area contributed by atoms with Crippen molar-refractivity contribution in [1.82, 2.24) is 14.9 Å². The molecule has 0 unspecified atom stereocenters. The lowest BCUT2D eigenvalue weighted by Gasteiger charge is -2.00. The Morgan fingerprint density at radius 2 is 2.10 bits per heavy atom. The minimum atomic E-state index is 0.120. The molecule has 0 atom stereocenters. The highest BCUT2D eigenvalue weighted by Gasteiger charge is 2.07. The highest BCUT2D eigenvalue weighted by Crippen LogP contribution is 2.13. The second-order valence-electron chi connectivity index (χ2n) is 3.79. The first-order chi connectivity index (χ1) is 9.78. The summed E-state index contributed by atoms with van der Waals surface area (Å²) in [6.07, 6.45) is 2.27. The Morgan fingerprint density at radius 3 is 2.70 bits per heavy atom. The highest BCUT2D eigenvalue weighted by atomic mass is 16.5. The molecule has 0 aliphatic heterocycles. The Hall–Kier alpha value is -2.86. The molecule has 0 saturated heterocycles. The largest absolute Gasteiger partial charge is 0.497 e. The third-order valence-corrected chi connectivity index (χ3v) is 2.58. The molecule has 8 heteroatoms. The zero-order valence-corrected chi connectivity index (χ0v) is 11.1. The average Bonchev–Trinajstić information content (AvgIpc) is 2.88. The quantitative estimate of drug-likeness (QED) is 0.361. The summed E-state index contributed by atoms with van der Waals surface area (Å²) in [5, 5.41) is 15.4. The lowest BCUT2D eigenvalue weighted by molar-refractivity contribution is 0.415. The minimum Gasteiger partial charge on any atom is -0.497 e. The lowest BCUT2D eigenvalue weighted by atomic mass is 10.2. The Kier molecular flexibility index (Phi) is 4.31. The van der Waals surface area contributed by atoms with E-state index in [1.165, 1.54) is 4.68 Å². The number of rotatable bonds is 5. The van der Waals surface area contributed by atoms with Crippen LogP contribution in [-0.2, 0) is 6.42 Å². The maximum Gasteiger partial charge on any atom is 0.241 e. The van der Waals surface area contributed by atoms with E-state index in [1.54, 1.807) is 13.3 Å². The predicted octanol–water partition coefficient (Wildman–Crippen LogP) is 2.67. The van der Waals surface area contributed by atoms with Gasteiger partial charge < -0.3 is 4.74 Å². The molecule has 1 heterocycles. The molecule has 0 fully saturated rings. The first kappa shape index (κ1) is 13.6. The normalized spacial score (nSPS) is 10.5. The van der Waals surface area contributed by atoms with E-state index in [0.29, 0.717) is 12.2 Å². The molecule has 1 aromatic heterocycles. The fourth-order valence-corrected chi connectivity index (χ4v) is 1.56. The summed E-state index contributed by atoms with van der Waals surface area (Å²) in [5.74, 6) is 1.52. The fourth-order valence-electron chi connectivity index (χ4n) is 1.56. The molecule has 0 spiro atoms. The topological polar surface area (TPSA) is 101 Å². The first-order valence-electron chi connectivity index (χ1n) is 5.96. The second kappa shape index (κ2) is 6.35. The Morgan fingerprint density at radius 1 is 1.35 bits per heavy atom. The maximum atomic E-state index is 8.48. The van der Waals surface area contributed by atoms with Crippen molar-refractivity contribution in [2.75, 3.05) is 7.11 Å². The van der Waals surface area contributed by atoms with Crippen LogP contribution >= 0.6 is 0 Å². The number of aryl methyl sites for hydroxylation is 1. The monoisotopic (exact) mass is 271 g/mol. The van der Waals surface area contributed by atoms with Crippen LogP contribution in [0.25, 0.3) is 10.4 Å². The Balaban J connectivity index is 2.29. The van der Waals surface area contributed by atoms with Gasteiger partial charge in [-0.25, -0.2) is 0 Å². The molecule has 0 N–H and O–H groups in total. The van der Waals surface area contributed by atoms with Gasteiger partial charge in [0, 0.05) is 11.3 Å². The summed E-state index contributed by atoms with van der Waals surface area (Å²) >= 11 is 0. The Labute approximate surface area is 115 Å². The summed E-state index contributed by atoms with van der Waals surface area (Å²) in [6, 6.07) is 7.41.